The first-order valence-electron chi connectivity index (χ1n) is 4.69. The maximum Gasteiger partial charge on any atom is 0.240 e. The Bertz CT molecular complexity index is 476. The molecule has 2 rings (SSSR count). The third-order valence-electron chi connectivity index (χ3n) is 2.24. The van der Waals surface area contributed by atoms with Crippen molar-refractivity contribution in [3.8, 4) is 11.3 Å². The van der Waals surface area contributed by atoms with Crippen molar-refractivity contribution >= 4 is 5.95 Å². The summed E-state index contributed by atoms with van der Waals surface area (Å²) in [5, 5.41) is 7.74. The van der Waals surface area contributed by atoms with E-state index in [1.165, 1.54) is 5.56 Å². The van der Waals surface area contributed by atoms with Crippen LogP contribution in [0.5, 0.6) is 0 Å². The first-order valence-corrected chi connectivity index (χ1v) is 4.69. The monoisotopic (exact) mass is 200 g/mol. The quantitative estimate of drug-likeness (QED) is 0.761. The molecular weight excluding hydrogens is 188 g/mol. The van der Waals surface area contributed by atoms with Crippen LogP contribution in [0, 0.1) is 13.8 Å². The van der Waals surface area contributed by atoms with Gasteiger partial charge in [0.15, 0.2) is 0 Å². The van der Waals surface area contributed by atoms with Crippen LogP contribution in [0.15, 0.2) is 24.4 Å². The first kappa shape index (κ1) is 9.58. The third-order valence-corrected chi connectivity index (χ3v) is 2.24. The minimum absolute atomic E-state index is 0.198. The molecular formula is C11H12N4. The largest absolute Gasteiger partial charge is 0.366 e. The van der Waals surface area contributed by atoms with E-state index in [0.29, 0.717) is 0 Å². The van der Waals surface area contributed by atoms with Crippen molar-refractivity contribution in [2.45, 2.75) is 13.8 Å². The molecule has 0 aliphatic heterocycles. The number of aryl methyl sites for hydroxylation is 2. The Balaban J connectivity index is 2.49. The molecule has 0 bridgehead atoms. The van der Waals surface area contributed by atoms with Gasteiger partial charge in [0.1, 0.15) is 5.69 Å². The SMILES string of the molecule is Cc1ccc(-c2cnc(N)nn2)c(C)c1. The standard InChI is InChI=1S/C11H12N4/c1-7-3-4-9(8(2)5-7)10-6-13-11(12)15-14-10/h3-6H,1-2H3,(H2,12,13,15). The van der Waals surface area contributed by atoms with Gasteiger partial charge < -0.3 is 5.73 Å². The van der Waals surface area contributed by atoms with E-state index in [1.807, 2.05) is 19.1 Å². The van der Waals surface area contributed by atoms with E-state index in [1.54, 1.807) is 6.20 Å². The number of benzene rings is 1. The Labute approximate surface area is 88.2 Å². The maximum absolute atomic E-state index is 5.38. The lowest BCUT2D eigenvalue weighted by molar-refractivity contribution is 0.991. The van der Waals surface area contributed by atoms with Gasteiger partial charge in [-0.15, -0.1) is 10.2 Å². The molecule has 4 nitrogen and oxygen atoms in total. The summed E-state index contributed by atoms with van der Waals surface area (Å²) in [6, 6.07) is 6.17. The summed E-state index contributed by atoms with van der Waals surface area (Å²) in [5.41, 5.74) is 9.57. The van der Waals surface area contributed by atoms with Gasteiger partial charge in [-0.3, -0.25) is 0 Å². The van der Waals surface area contributed by atoms with Crippen LogP contribution in [-0.2, 0) is 0 Å². The van der Waals surface area contributed by atoms with Crippen molar-refractivity contribution in [2.24, 2.45) is 0 Å². The van der Waals surface area contributed by atoms with Gasteiger partial charge in [0.2, 0.25) is 5.95 Å². The number of nitrogen functional groups attached to an aromatic ring is 1. The average Bonchev–Trinajstić information content (AvgIpc) is 2.20. The van der Waals surface area contributed by atoms with Gasteiger partial charge in [-0.25, -0.2) is 4.98 Å². The van der Waals surface area contributed by atoms with E-state index in [9.17, 15) is 0 Å². The second-order valence-electron chi connectivity index (χ2n) is 3.52. The Morgan fingerprint density at radius 1 is 1.13 bits per heavy atom. The minimum Gasteiger partial charge on any atom is -0.366 e. The van der Waals surface area contributed by atoms with Gasteiger partial charge >= 0.3 is 0 Å². The lowest BCUT2D eigenvalue weighted by Crippen LogP contribution is -1.98. The zero-order chi connectivity index (χ0) is 10.8. The fourth-order valence-electron chi connectivity index (χ4n) is 1.51. The number of rotatable bonds is 1. The lowest BCUT2D eigenvalue weighted by Gasteiger charge is -2.04. The van der Waals surface area contributed by atoms with Crippen LogP contribution in [0.2, 0.25) is 0 Å². The molecule has 0 amide bonds. The van der Waals surface area contributed by atoms with Crippen LogP contribution in [0.3, 0.4) is 0 Å². The summed E-state index contributed by atoms with van der Waals surface area (Å²) in [6.45, 7) is 4.10. The molecule has 15 heavy (non-hydrogen) atoms. The molecule has 0 aliphatic rings. The highest BCUT2D eigenvalue weighted by atomic mass is 15.2. The molecule has 0 saturated carbocycles. The molecule has 0 saturated heterocycles. The number of hydrogen-bond donors (Lipinski definition) is 1. The second-order valence-corrected chi connectivity index (χ2v) is 3.52. The highest BCUT2D eigenvalue weighted by Gasteiger charge is 2.04. The van der Waals surface area contributed by atoms with Gasteiger partial charge in [-0.1, -0.05) is 23.8 Å². The number of anilines is 1. The molecule has 76 valence electrons. The summed E-state index contributed by atoms with van der Waals surface area (Å²) < 4.78 is 0. The first-order chi connectivity index (χ1) is 7.16. The fraction of sp³-hybridized carbons (Fsp3) is 0.182. The molecule has 1 aromatic heterocycles. The molecule has 2 aromatic rings. The molecule has 4 heteroatoms. The van der Waals surface area contributed by atoms with Gasteiger partial charge in [0, 0.05) is 5.56 Å². The van der Waals surface area contributed by atoms with Crippen LogP contribution in [0.4, 0.5) is 5.95 Å². The minimum atomic E-state index is 0.198. The van der Waals surface area contributed by atoms with Crippen molar-refractivity contribution < 1.29 is 0 Å². The zero-order valence-electron chi connectivity index (χ0n) is 8.73. The van der Waals surface area contributed by atoms with E-state index < -0.39 is 0 Å². The van der Waals surface area contributed by atoms with Crippen molar-refractivity contribution in [2.75, 3.05) is 5.73 Å². The van der Waals surface area contributed by atoms with E-state index in [0.717, 1.165) is 16.8 Å². The molecule has 0 spiro atoms. The molecule has 0 atom stereocenters. The normalized spacial score (nSPS) is 10.3. The zero-order valence-corrected chi connectivity index (χ0v) is 8.73. The number of hydrogen-bond acceptors (Lipinski definition) is 4. The van der Waals surface area contributed by atoms with Crippen LogP contribution in [0.1, 0.15) is 11.1 Å². The van der Waals surface area contributed by atoms with E-state index in [-0.39, 0.29) is 5.95 Å². The third kappa shape index (κ3) is 1.93. The topological polar surface area (TPSA) is 64.7 Å². The summed E-state index contributed by atoms with van der Waals surface area (Å²) in [4.78, 5) is 3.92. The van der Waals surface area contributed by atoms with Crippen LogP contribution in [0.25, 0.3) is 11.3 Å². The Kier molecular flexibility index (Phi) is 2.33. The predicted molar refractivity (Wildman–Crippen MR) is 59.1 cm³/mol. The van der Waals surface area contributed by atoms with E-state index >= 15 is 0 Å². The highest BCUT2D eigenvalue weighted by molar-refractivity contribution is 5.62. The van der Waals surface area contributed by atoms with Crippen molar-refractivity contribution in [3.05, 3.63) is 35.5 Å². The Morgan fingerprint density at radius 2 is 1.93 bits per heavy atom. The Hall–Kier alpha value is -1.97. The summed E-state index contributed by atoms with van der Waals surface area (Å²) >= 11 is 0. The second kappa shape index (κ2) is 3.65. The molecule has 1 heterocycles. The fourth-order valence-corrected chi connectivity index (χ4v) is 1.51. The number of nitrogens with two attached hydrogens (primary N) is 1. The molecule has 0 unspecified atom stereocenters. The van der Waals surface area contributed by atoms with Crippen molar-refractivity contribution in [1.82, 2.24) is 15.2 Å². The Morgan fingerprint density at radius 3 is 2.53 bits per heavy atom. The predicted octanol–water partition coefficient (Wildman–Crippen LogP) is 1.74. The van der Waals surface area contributed by atoms with E-state index in [4.69, 9.17) is 5.73 Å². The lowest BCUT2D eigenvalue weighted by atomic mass is 10.0. The van der Waals surface area contributed by atoms with E-state index in [2.05, 4.69) is 28.2 Å². The van der Waals surface area contributed by atoms with Crippen LogP contribution >= 0.6 is 0 Å². The van der Waals surface area contributed by atoms with Crippen molar-refractivity contribution in [1.29, 1.82) is 0 Å². The van der Waals surface area contributed by atoms with Gasteiger partial charge in [-0.05, 0) is 19.4 Å². The molecule has 0 radical (unpaired) electrons. The summed E-state index contributed by atoms with van der Waals surface area (Å²) in [7, 11) is 0. The number of aromatic nitrogens is 3. The van der Waals surface area contributed by atoms with Crippen molar-refractivity contribution in [3.63, 3.8) is 0 Å². The van der Waals surface area contributed by atoms with Gasteiger partial charge in [0.05, 0.1) is 6.20 Å². The van der Waals surface area contributed by atoms with Gasteiger partial charge in [-0.2, -0.15) is 0 Å². The molecule has 2 N–H and O–H groups in total. The molecule has 0 fully saturated rings. The maximum atomic E-state index is 5.38. The number of nitrogens with zero attached hydrogens (tertiary/aromatic N) is 3. The highest BCUT2D eigenvalue weighted by Crippen LogP contribution is 2.20. The summed E-state index contributed by atoms with van der Waals surface area (Å²) in [5.74, 6) is 0.198. The van der Waals surface area contributed by atoms with Crippen LogP contribution < -0.4 is 5.73 Å². The summed E-state index contributed by atoms with van der Waals surface area (Å²) in [6.07, 6.45) is 1.64. The van der Waals surface area contributed by atoms with Crippen LogP contribution in [-0.4, -0.2) is 15.2 Å². The molecule has 0 aliphatic carbocycles. The smallest absolute Gasteiger partial charge is 0.240 e. The molecule has 1 aromatic carbocycles. The average molecular weight is 200 g/mol. The van der Waals surface area contributed by atoms with Gasteiger partial charge in [0.25, 0.3) is 0 Å².